The van der Waals surface area contributed by atoms with Gasteiger partial charge in [0, 0.05) is 43.1 Å². The van der Waals surface area contributed by atoms with Crippen molar-refractivity contribution in [3.05, 3.63) is 54.9 Å². The number of pyridine rings is 2. The van der Waals surface area contributed by atoms with Gasteiger partial charge in [-0.3, -0.25) is 14.8 Å². The number of rotatable bonds is 3. The molecule has 7 heteroatoms. The third kappa shape index (κ3) is 3.26. The molecule has 0 aliphatic carbocycles. The molecule has 126 valence electrons. The van der Waals surface area contributed by atoms with Crippen molar-refractivity contribution >= 4 is 22.6 Å². The Morgan fingerprint density at radius 2 is 1.92 bits per heavy atom. The summed E-state index contributed by atoms with van der Waals surface area (Å²) in [5.41, 5.74) is 1.44. The molecule has 3 aromatic rings. The molecular weight excluding hydrogens is 316 g/mol. The molecule has 1 saturated heterocycles. The van der Waals surface area contributed by atoms with Crippen molar-refractivity contribution in [2.75, 3.05) is 18.0 Å². The summed E-state index contributed by atoms with van der Waals surface area (Å²) in [5.74, 6) is 0.870. The van der Waals surface area contributed by atoms with Crippen LogP contribution < -0.4 is 10.2 Å². The molecule has 4 heterocycles. The minimum atomic E-state index is -0.0647. The number of aromatic nitrogens is 4. The lowest BCUT2D eigenvalue weighted by Gasteiger charge is -2.33. The Morgan fingerprint density at radius 3 is 2.72 bits per heavy atom. The molecule has 0 saturated carbocycles. The molecule has 25 heavy (non-hydrogen) atoms. The van der Waals surface area contributed by atoms with E-state index in [2.05, 4.69) is 30.2 Å². The third-order valence-electron chi connectivity index (χ3n) is 4.47. The van der Waals surface area contributed by atoms with E-state index in [-0.39, 0.29) is 11.9 Å². The second-order valence-electron chi connectivity index (χ2n) is 6.07. The maximum Gasteiger partial charge on any atom is 0.253 e. The second kappa shape index (κ2) is 6.80. The van der Waals surface area contributed by atoms with Gasteiger partial charge in [-0.15, -0.1) is 0 Å². The predicted octanol–water partition coefficient (Wildman–Crippen LogP) is 1.82. The van der Waals surface area contributed by atoms with E-state index >= 15 is 0 Å². The largest absolute Gasteiger partial charge is 0.356 e. The maximum absolute atomic E-state index is 12.2. The molecule has 0 aromatic carbocycles. The summed E-state index contributed by atoms with van der Waals surface area (Å²) in [6, 6.07) is 5.66. The summed E-state index contributed by atoms with van der Waals surface area (Å²) < 4.78 is 0. The van der Waals surface area contributed by atoms with Gasteiger partial charge in [0.2, 0.25) is 0 Å². The standard InChI is InChI=1S/C18H18N6O/c25-18(13-2-1-6-19-10-13)23-14-4-8-24(9-5-14)17-15-3-7-20-11-16(15)21-12-22-17/h1-3,6-7,10-12,14H,4-5,8-9H2,(H,23,25). The summed E-state index contributed by atoms with van der Waals surface area (Å²) in [6.45, 7) is 1.68. The van der Waals surface area contributed by atoms with Gasteiger partial charge in [-0.2, -0.15) is 0 Å². The van der Waals surface area contributed by atoms with Crippen molar-refractivity contribution < 1.29 is 4.79 Å². The monoisotopic (exact) mass is 334 g/mol. The topological polar surface area (TPSA) is 83.9 Å². The van der Waals surface area contributed by atoms with Crippen LogP contribution >= 0.6 is 0 Å². The Bertz CT molecular complexity index is 872. The van der Waals surface area contributed by atoms with Gasteiger partial charge in [0.05, 0.1) is 17.3 Å². The average Bonchev–Trinajstić information content (AvgIpc) is 2.69. The first kappa shape index (κ1) is 15.4. The lowest BCUT2D eigenvalue weighted by atomic mass is 10.0. The zero-order valence-corrected chi connectivity index (χ0v) is 13.7. The third-order valence-corrected chi connectivity index (χ3v) is 4.47. The highest BCUT2D eigenvalue weighted by Crippen LogP contribution is 2.25. The van der Waals surface area contributed by atoms with Crippen LogP contribution in [0.1, 0.15) is 23.2 Å². The molecular formula is C18H18N6O. The molecule has 1 N–H and O–H groups in total. The number of nitrogens with one attached hydrogen (secondary N) is 1. The lowest BCUT2D eigenvalue weighted by Crippen LogP contribution is -2.45. The Labute approximate surface area is 145 Å². The van der Waals surface area contributed by atoms with Gasteiger partial charge in [0.15, 0.2) is 0 Å². The van der Waals surface area contributed by atoms with E-state index in [4.69, 9.17) is 0 Å². The molecule has 7 nitrogen and oxygen atoms in total. The van der Waals surface area contributed by atoms with E-state index in [0.717, 1.165) is 42.7 Å². The fraction of sp³-hybridized carbons (Fsp3) is 0.278. The van der Waals surface area contributed by atoms with E-state index in [9.17, 15) is 4.79 Å². The number of amides is 1. The molecule has 0 unspecified atom stereocenters. The van der Waals surface area contributed by atoms with Crippen molar-refractivity contribution in [1.82, 2.24) is 25.3 Å². The number of carbonyl (C=O) groups is 1. The van der Waals surface area contributed by atoms with Crippen molar-refractivity contribution in [3.63, 3.8) is 0 Å². The highest BCUT2D eigenvalue weighted by Gasteiger charge is 2.23. The molecule has 1 fully saturated rings. The first-order valence-corrected chi connectivity index (χ1v) is 8.32. The van der Waals surface area contributed by atoms with Gasteiger partial charge < -0.3 is 10.2 Å². The Morgan fingerprint density at radius 1 is 1.08 bits per heavy atom. The first-order chi connectivity index (χ1) is 12.3. The van der Waals surface area contributed by atoms with Crippen LogP contribution in [-0.4, -0.2) is 45.0 Å². The number of anilines is 1. The van der Waals surface area contributed by atoms with E-state index in [1.165, 1.54) is 0 Å². The van der Waals surface area contributed by atoms with Crippen molar-refractivity contribution in [3.8, 4) is 0 Å². The number of piperidine rings is 1. The van der Waals surface area contributed by atoms with E-state index < -0.39 is 0 Å². The Kier molecular flexibility index (Phi) is 4.20. The normalized spacial score (nSPS) is 15.3. The molecule has 0 radical (unpaired) electrons. The SMILES string of the molecule is O=C(NC1CCN(c2ncnc3cnccc23)CC1)c1cccnc1. The maximum atomic E-state index is 12.2. The van der Waals surface area contributed by atoms with Crippen molar-refractivity contribution in [2.24, 2.45) is 0 Å². The van der Waals surface area contributed by atoms with E-state index in [0.29, 0.717) is 5.56 Å². The zero-order valence-electron chi connectivity index (χ0n) is 13.7. The van der Waals surface area contributed by atoms with Gasteiger partial charge in [0.1, 0.15) is 12.1 Å². The van der Waals surface area contributed by atoms with E-state index in [1.54, 1.807) is 43.2 Å². The van der Waals surface area contributed by atoms with Gasteiger partial charge in [-0.25, -0.2) is 9.97 Å². The van der Waals surface area contributed by atoms with Crippen LogP contribution in [0.5, 0.6) is 0 Å². The van der Waals surface area contributed by atoms with Crippen LogP contribution in [0, 0.1) is 0 Å². The first-order valence-electron chi connectivity index (χ1n) is 8.32. The smallest absolute Gasteiger partial charge is 0.253 e. The number of hydrogen-bond acceptors (Lipinski definition) is 6. The fourth-order valence-corrected chi connectivity index (χ4v) is 3.15. The van der Waals surface area contributed by atoms with Crippen LogP contribution in [0.3, 0.4) is 0 Å². The van der Waals surface area contributed by atoms with Gasteiger partial charge in [0.25, 0.3) is 5.91 Å². The van der Waals surface area contributed by atoms with Crippen LogP contribution in [0.4, 0.5) is 5.82 Å². The molecule has 0 bridgehead atoms. The number of hydrogen-bond donors (Lipinski definition) is 1. The number of nitrogens with zero attached hydrogens (tertiary/aromatic N) is 5. The quantitative estimate of drug-likeness (QED) is 0.786. The Hall–Kier alpha value is -3.09. The lowest BCUT2D eigenvalue weighted by molar-refractivity contribution is 0.0930. The zero-order chi connectivity index (χ0) is 17.1. The molecule has 3 aromatic heterocycles. The minimum Gasteiger partial charge on any atom is -0.356 e. The second-order valence-corrected chi connectivity index (χ2v) is 6.07. The molecule has 4 rings (SSSR count). The molecule has 1 amide bonds. The molecule has 0 atom stereocenters. The summed E-state index contributed by atoms with van der Waals surface area (Å²) in [4.78, 5) is 31.3. The average molecular weight is 334 g/mol. The Balaban J connectivity index is 1.42. The highest BCUT2D eigenvalue weighted by atomic mass is 16.1. The van der Waals surface area contributed by atoms with Crippen LogP contribution in [0.2, 0.25) is 0 Å². The number of carbonyl (C=O) groups excluding carboxylic acids is 1. The highest BCUT2D eigenvalue weighted by molar-refractivity contribution is 5.94. The molecule has 1 aliphatic heterocycles. The summed E-state index contributed by atoms with van der Waals surface area (Å²) in [5, 5.41) is 4.11. The minimum absolute atomic E-state index is 0.0647. The van der Waals surface area contributed by atoms with Crippen LogP contribution in [-0.2, 0) is 0 Å². The summed E-state index contributed by atoms with van der Waals surface area (Å²) >= 11 is 0. The van der Waals surface area contributed by atoms with Gasteiger partial charge in [-0.1, -0.05) is 0 Å². The number of fused-ring (bicyclic) bond motifs is 1. The van der Waals surface area contributed by atoms with Gasteiger partial charge in [-0.05, 0) is 31.0 Å². The van der Waals surface area contributed by atoms with Crippen molar-refractivity contribution in [1.29, 1.82) is 0 Å². The summed E-state index contributed by atoms with van der Waals surface area (Å²) in [7, 11) is 0. The van der Waals surface area contributed by atoms with Crippen LogP contribution in [0.15, 0.2) is 49.3 Å². The molecule has 1 aliphatic rings. The van der Waals surface area contributed by atoms with E-state index in [1.807, 2.05) is 6.07 Å². The van der Waals surface area contributed by atoms with Crippen molar-refractivity contribution in [2.45, 2.75) is 18.9 Å². The van der Waals surface area contributed by atoms with Gasteiger partial charge >= 0.3 is 0 Å². The predicted molar refractivity (Wildman–Crippen MR) is 94.3 cm³/mol. The summed E-state index contributed by atoms with van der Waals surface area (Å²) in [6.07, 6.45) is 10.1. The van der Waals surface area contributed by atoms with Crippen LogP contribution in [0.25, 0.3) is 10.9 Å². The molecule has 0 spiro atoms. The fourth-order valence-electron chi connectivity index (χ4n) is 3.15.